The SMILES string of the molecule is OB(O)c1cc(Br)c(Cl)cc1Cl. The van der Waals surface area contributed by atoms with E-state index in [0.29, 0.717) is 9.50 Å². The van der Waals surface area contributed by atoms with Crippen molar-refractivity contribution < 1.29 is 10.0 Å². The average Bonchev–Trinajstić information content (AvgIpc) is 1.96. The second-order valence-electron chi connectivity index (χ2n) is 2.16. The van der Waals surface area contributed by atoms with E-state index in [-0.39, 0.29) is 10.5 Å². The minimum absolute atomic E-state index is 0.230. The summed E-state index contributed by atoms with van der Waals surface area (Å²) in [5, 5.41) is 18.3. The van der Waals surface area contributed by atoms with Gasteiger partial charge in [-0.25, -0.2) is 0 Å². The van der Waals surface area contributed by atoms with Gasteiger partial charge < -0.3 is 10.0 Å². The van der Waals surface area contributed by atoms with E-state index in [1.165, 1.54) is 12.1 Å². The van der Waals surface area contributed by atoms with Crippen LogP contribution < -0.4 is 5.46 Å². The molecule has 0 aliphatic heterocycles. The summed E-state index contributed by atoms with van der Waals surface area (Å²) in [7, 11) is -1.58. The number of hydrogen-bond acceptors (Lipinski definition) is 2. The van der Waals surface area contributed by atoms with Gasteiger partial charge >= 0.3 is 7.12 Å². The van der Waals surface area contributed by atoms with Gasteiger partial charge in [-0.15, -0.1) is 0 Å². The molecule has 12 heavy (non-hydrogen) atoms. The molecule has 0 amide bonds. The molecule has 0 aliphatic carbocycles. The molecule has 6 heteroatoms. The summed E-state index contributed by atoms with van der Waals surface area (Å²) in [4.78, 5) is 0. The molecule has 64 valence electrons. The minimum atomic E-state index is -1.58. The monoisotopic (exact) mass is 268 g/mol. The molecule has 1 aromatic carbocycles. The third kappa shape index (κ3) is 2.15. The molecule has 0 unspecified atom stereocenters. The van der Waals surface area contributed by atoms with Gasteiger partial charge in [0.05, 0.1) is 5.02 Å². The summed E-state index contributed by atoms with van der Waals surface area (Å²) in [6.07, 6.45) is 0. The van der Waals surface area contributed by atoms with E-state index in [9.17, 15) is 0 Å². The summed E-state index contributed by atoms with van der Waals surface area (Å²) in [5.41, 5.74) is 0.230. The van der Waals surface area contributed by atoms with Crippen molar-refractivity contribution in [1.29, 1.82) is 0 Å². The number of hydrogen-bond donors (Lipinski definition) is 2. The van der Waals surface area contributed by atoms with Crippen molar-refractivity contribution >= 4 is 51.7 Å². The maximum atomic E-state index is 8.83. The molecule has 0 aliphatic rings. The van der Waals surface area contributed by atoms with Crippen LogP contribution in [0.3, 0.4) is 0 Å². The predicted molar refractivity (Wildman–Crippen MR) is 54.0 cm³/mol. The molecule has 0 bridgehead atoms. The Balaban J connectivity index is 3.23. The minimum Gasteiger partial charge on any atom is -0.423 e. The van der Waals surface area contributed by atoms with Crippen LogP contribution in [-0.4, -0.2) is 17.2 Å². The normalized spacial score (nSPS) is 10.1. The lowest BCUT2D eigenvalue weighted by Gasteiger charge is -2.04. The molecular weight excluding hydrogens is 266 g/mol. The summed E-state index contributed by atoms with van der Waals surface area (Å²) in [6.45, 7) is 0. The van der Waals surface area contributed by atoms with Crippen LogP contribution >= 0.6 is 39.1 Å². The lowest BCUT2D eigenvalue weighted by atomic mass is 9.80. The first-order valence-electron chi connectivity index (χ1n) is 3.03. The lowest BCUT2D eigenvalue weighted by molar-refractivity contribution is 0.426. The summed E-state index contributed by atoms with van der Waals surface area (Å²) >= 11 is 14.5. The molecule has 0 saturated carbocycles. The van der Waals surface area contributed by atoms with Crippen LogP contribution in [0.5, 0.6) is 0 Å². The maximum absolute atomic E-state index is 8.83. The largest absolute Gasteiger partial charge is 0.489 e. The molecule has 0 atom stereocenters. The third-order valence-corrected chi connectivity index (χ3v) is 2.84. The van der Waals surface area contributed by atoms with Crippen LogP contribution in [-0.2, 0) is 0 Å². The molecule has 0 spiro atoms. The Morgan fingerprint density at radius 1 is 1.17 bits per heavy atom. The van der Waals surface area contributed by atoms with Gasteiger partial charge in [0.25, 0.3) is 0 Å². The molecule has 0 saturated heterocycles. The number of rotatable bonds is 1. The first-order chi connectivity index (χ1) is 5.52. The van der Waals surface area contributed by atoms with Gasteiger partial charge in [0.2, 0.25) is 0 Å². The van der Waals surface area contributed by atoms with Gasteiger partial charge in [0, 0.05) is 15.0 Å². The summed E-state index contributed by atoms with van der Waals surface area (Å²) in [5.74, 6) is 0. The Labute approximate surface area is 88.4 Å². The summed E-state index contributed by atoms with van der Waals surface area (Å²) < 4.78 is 0.580. The molecule has 1 aromatic rings. The van der Waals surface area contributed by atoms with Crippen molar-refractivity contribution in [3.63, 3.8) is 0 Å². The zero-order valence-electron chi connectivity index (χ0n) is 5.76. The van der Waals surface area contributed by atoms with E-state index >= 15 is 0 Å². The van der Waals surface area contributed by atoms with Crippen molar-refractivity contribution in [2.24, 2.45) is 0 Å². The zero-order chi connectivity index (χ0) is 9.30. The maximum Gasteiger partial charge on any atom is 0.489 e. The number of halogens is 3. The van der Waals surface area contributed by atoms with Crippen LogP contribution in [0, 0.1) is 0 Å². The van der Waals surface area contributed by atoms with Crippen LogP contribution in [0.15, 0.2) is 16.6 Å². The van der Waals surface area contributed by atoms with E-state index in [2.05, 4.69) is 15.9 Å². The molecule has 1 rings (SSSR count). The first kappa shape index (κ1) is 10.3. The van der Waals surface area contributed by atoms with Gasteiger partial charge in [-0.05, 0) is 28.1 Å². The van der Waals surface area contributed by atoms with E-state index in [4.69, 9.17) is 33.2 Å². The van der Waals surface area contributed by atoms with Gasteiger partial charge in [-0.3, -0.25) is 0 Å². The molecule has 2 nitrogen and oxygen atoms in total. The highest BCUT2D eigenvalue weighted by Crippen LogP contribution is 2.24. The molecule has 2 N–H and O–H groups in total. The highest BCUT2D eigenvalue weighted by atomic mass is 79.9. The smallest absolute Gasteiger partial charge is 0.423 e. The lowest BCUT2D eigenvalue weighted by Crippen LogP contribution is -2.30. The summed E-state index contributed by atoms with van der Waals surface area (Å²) in [6, 6.07) is 2.91. The van der Waals surface area contributed by atoms with E-state index in [1.807, 2.05) is 0 Å². The average molecular weight is 270 g/mol. The zero-order valence-corrected chi connectivity index (χ0v) is 8.86. The highest BCUT2D eigenvalue weighted by molar-refractivity contribution is 9.10. The van der Waals surface area contributed by atoms with E-state index < -0.39 is 7.12 Å². The Morgan fingerprint density at radius 3 is 2.25 bits per heavy atom. The molecule has 0 radical (unpaired) electrons. The number of benzene rings is 1. The van der Waals surface area contributed by atoms with Crippen molar-refractivity contribution in [2.45, 2.75) is 0 Å². The van der Waals surface area contributed by atoms with Crippen LogP contribution in [0.25, 0.3) is 0 Å². The van der Waals surface area contributed by atoms with E-state index in [0.717, 1.165) is 0 Å². The fourth-order valence-corrected chi connectivity index (χ4v) is 1.58. The predicted octanol–water partition coefficient (Wildman–Crippen LogP) is 1.44. The van der Waals surface area contributed by atoms with Crippen LogP contribution in [0.1, 0.15) is 0 Å². The Bertz CT molecular complexity index is 306. The van der Waals surface area contributed by atoms with Crippen LogP contribution in [0.2, 0.25) is 10.0 Å². The molecule has 0 heterocycles. The quantitative estimate of drug-likeness (QED) is 0.598. The molecule has 0 aromatic heterocycles. The molecular formula is C6H4BBrCl2O2. The van der Waals surface area contributed by atoms with E-state index in [1.54, 1.807) is 0 Å². The second-order valence-corrected chi connectivity index (χ2v) is 3.83. The molecule has 0 fully saturated rings. The third-order valence-electron chi connectivity index (χ3n) is 1.32. The van der Waals surface area contributed by atoms with Gasteiger partial charge in [-0.1, -0.05) is 23.2 Å². The first-order valence-corrected chi connectivity index (χ1v) is 4.58. The topological polar surface area (TPSA) is 40.5 Å². The Hall–Kier alpha value is 0.265. The van der Waals surface area contributed by atoms with Crippen molar-refractivity contribution in [3.05, 3.63) is 26.7 Å². The van der Waals surface area contributed by atoms with Crippen molar-refractivity contribution in [3.8, 4) is 0 Å². The highest BCUT2D eigenvalue weighted by Gasteiger charge is 2.16. The van der Waals surface area contributed by atoms with Crippen molar-refractivity contribution in [1.82, 2.24) is 0 Å². The van der Waals surface area contributed by atoms with Gasteiger partial charge in [0.1, 0.15) is 0 Å². The van der Waals surface area contributed by atoms with Crippen LogP contribution in [0.4, 0.5) is 0 Å². The standard InChI is InChI=1S/C6H4BBrCl2O2/c8-4-1-3(7(11)12)5(9)2-6(4)10/h1-2,11-12H. The fraction of sp³-hybridized carbons (Fsp3) is 0. The Morgan fingerprint density at radius 2 is 1.75 bits per heavy atom. The Kier molecular flexibility index (Phi) is 3.43. The van der Waals surface area contributed by atoms with Gasteiger partial charge in [-0.2, -0.15) is 0 Å². The fourth-order valence-electron chi connectivity index (χ4n) is 0.736. The van der Waals surface area contributed by atoms with Crippen molar-refractivity contribution in [2.75, 3.05) is 0 Å². The van der Waals surface area contributed by atoms with Gasteiger partial charge in [0.15, 0.2) is 0 Å². The second kappa shape index (κ2) is 3.98.